The Hall–Kier alpha value is -3.98. The highest BCUT2D eigenvalue weighted by Crippen LogP contribution is 2.24. The predicted molar refractivity (Wildman–Crippen MR) is 126 cm³/mol. The summed E-state index contributed by atoms with van der Waals surface area (Å²) in [5.41, 5.74) is 2.87. The lowest BCUT2D eigenvalue weighted by atomic mass is 10.1. The third kappa shape index (κ3) is 4.17. The fourth-order valence-corrected chi connectivity index (χ4v) is 4.30. The van der Waals surface area contributed by atoms with Gasteiger partial charge in [0.1, 0.15) is 5.75 Å². The number of hydrogen-bond acceptors (Lipinski definition) is 7. The number of aromatic amines is 1. The zero-order valence-electron chi connectivity index (χ0n) is 19.1. The molecule has 0 aliphatic carbocycles. The zero-order chi connectivity index (χ0) is 23.7. The van der Waals surface area contributed by atoms with E-state index >= 15 is 0 Å². The highest BCUT2D eigenvalue weighted by Gasteiger charge is 2.30. The Bertz CT molecular complexity index is 1330. The third-order valence-electron chi connectivity index (χ3n) is 6.15. The first-order valence-electron chi connectivity index (χ1n) is 11.1. The van der Waals surface area contributed by atoms with Gasteiger partial charge in [0.05, 0.1) is 19.2 Å². The number of nitrogens with zero attached hydrogens (tertiary/aromatic N) is 4. The van der Waals surface area contributed by atoms with Crippen LogP contribution in [0.4, 0.5) is 0 Å². The normalized spacial score (nSPS) is 14.5. The largest absolute Gasteiger partial charge is 0.497 e. The summed E-state index contributed by atoms with van der Waals surface area (Å²) in [6.45, 7) is 4.47. The average molecular weight is 460 g/mol. The third-order valence-corrected chi connectivity index (χ3v) is 6.15. The van der Waals surface area contributed by atoms with Gasteiger partial charge in [-0.25, -0.2) is 0 Å². The molecule has 5 rings (SSSR count). The molecule has 0 bridgehead atoms. The Morgan fingerprint density at radius 2 is 1.79 bits per heavy atom. The maximum Gasteiger partial charge on any atom is 0.295 e. The van der Waals surface area contributed by atoms with E-state index in [4.69, 9.17) is 9.26 Å². The molecular formula is C25H25N5O4. The number of ketones is 1. The second-order valence-electron chi connectivity index (χ2n) is 8.31. The number of benzene rings is 2. The molecule has 2 aromatic carbocycles. The molecule has 34 heavy (non-hydrogen) atoms. The van der Waals surface area contributed by atoms with Gasteiger partial charge in [-0.3, -0.25) is 14.5 Å². The number of fused-ring (bicyclic) bond motifs is 1. The Labute approximate surface area is 196 Å². The molecule has 1 amide bonds. The molecule has 0 saturated carbocycles. The molecule has 4 aromatic rings. The number of aromatic nitrogens is 3. The number of hydrogen-bond donors (Lipinski definition) is 1. The Morgan fingerprint density at radius 1 is 1.06 bits per heavy atom. The summed E-state index contributed by atoms with van der Waals surface area (Å²) >= 11 is 0. The van der Waals surface area contributed by atoms with Crippen molar-refractivity contribution in [3.05, 3.63) is 65.7 Å². The Balaban J connectivity index is 1.19. The Morgan fingerprint density at radius 3 is 2.53 bits per heavy atom. The second kappa shape index (κ2) is 9.11. The Kier molecular flexibility index (Phi) is 5.85. The van der Waals surface area contributed by atoms with Crippen molar-refractivity contribution in [1.82, 2.24) is 24.9 Å². The number of carbonyl (C=O) groups excluding carboxylic acids is 2. The van der Waals surface area contributed by atoms with E-state index in [9.17, 15) is 9.59 Å². The van der Waals surface area contributed by atoms with Gasteiger partial charge >= 0.3 is 0 Å². The van der Waals surface area contributed by atoms with E-state index in [0.29, 0.717) is 55.7 Å². The average Bonchev–Trinajstić information content (AvgIpc) is 3.47. The van der Waals surface area contributed by atoms with Crippen LogP contribution >= 0.6 is 0 Å². The molecule has 1 N–H and O–H groups in total. The van der Waals surface area contributed by atoms with E-state index < -0.39 is 11.7 Å². The molecule has 9 nitrogen and oxygen atoms in total. The second-order valence-corrected chi connectivity index (χ2v) is 8.31. The molecule has 1 saturated heterocycles. The van der Waals surface area contributed by atoms with Gasteiger partial charge < -0.3 is 19.1 Å². The van der Waals surface area contributed by atoms with Gasteiger partial charge in [0.25, 0.3) is 11.7 Å². The molecule has 1 aliphatic heterocycles. The summed E-state index contributed by atoms with van der Waals surface area (Å²) in [5, 5.41) is 4.85. The summed E-state index contributed by atoms with van der Waals surface area (Å²) in [7, 11) is 1.62. The molecular weight excluding hydrogens is 434 g/mol. The van der Waals surface area contributed by atoms with Gasteiger partial charge in [-0.2, -0.15) is 4.98 Å². The standard InChI is InChI=1S/C25H25N5O4/c1-16-22(19-5-3-4-6-20(19)26-16)23(31)25(32)30-13-11-29(12-14-30)15-21-27-24(28-34-21)17-7-9-18(33-2)10-8-17/h3-10,26H,11-15H2,1-2H3. The summed E-state index contributed by atoms with van der Waals surface area (Å²) in [5.74, 6) is 0.858. The number of carbonyl (C=O) groups is 2. The smallest absolute Gasteiger partial charge is 0.295 e. The van der Waals surface area contributed by atoms with E-state index in [-0.39, 0.29) is 0 Å². The first-order valence-corrected chi connectivity index (χ1v) is 11.1. The van der Waals surface area contributed by atoms with Crippen LogP contribution in [0.2, 0.25) is 0 Å². The van der Waals surface area contributed by atoms with E-state index in [1.54, 1.807) is 12.0 Å². The van der Waals surface area contributed by atoms with Crippen molar-refractivity contribution in [2.24, 2.45) is 0 Å². The van der Waals surface area contributed by atoms with Crippen LogP contribution in [-0.2, 0) is 11.3 Å². The van der Waals surface area contributed by atoms with Crippen molar-refractivity contribution in [2.45, 2.75) is 13.5 Å². The first kappa shape index (κ1) is 21.8. The van der Waals surface area contributed by atoms with Gasteiger partial charge in [-0.1, -0.05) is 23.4 Å². The number of piperazine rings is 1. The quantitative estimate of drug-likeness (QED) is 0.349. The number of rotatable bonds is 6. The SMILES string of the molecule is COc1ccc(-c2noc(CN3CCN(C(=O)C(=O)c4c(C)[nH]c5ccccc45)CC3)n2)cc1. The van der Waals surface area contributed by atoms with Gasteiger partial charge in [-0.05, 0) is 37.3 Å². The number of amides is 1. The molecule has 0 spiro atoms. The number of Topliss-reactive ketones (excluding diaryl/α,β-unsaturated/α-hetero) is 1. The molecule has 1 aliphatic rings. The summed E-state index contributed by atoms with van der Waals surface area (Å²) in [4.78, 5) is 37.4. The van der Waals surface area contributed by atoms with Gasteiger partial charge in [-0.15, -0.1) is 0 Å². The van der Waals surface area contributed by atoms with Crippen molar-refractivity contribution < 1.29 is 18.8 Å². The number of methoxy groups -OCH3 is 1. The van der Waals surface area contributed by atoms with Crippen LogP contribution in [0, 0.1) is 6.92 Å². The highest BCUT2D eigenvalue weighted by molar-refractivity contribution is 6.45. The zero-order valence-corrected chi connectivity index (χ0v) is 19.1. The first-order chi connectivity index (χ1) is 16.5. The lowest BCUT2D eigenvalue weighted by molar-refractivity contribution is -0.128. The van der Waals surface area contributed by atoms with Crippen LogP contribution in [-0.4, -0.2) is 69.9 Å². The fourth-order valence-electron chi connectivity index (χ4n) is 4.30. The maximum atomic E-state index is 13.0. The van der Waals surface area contributed by atoms with Crippen molar-refractivity contribution >= 4 is 22.6 Å². The van der Waals surface area contributed by atoms with Crippen molar-refractivity contribution in [3.63, 3.8) is 0 Å². The number of H-pyrrole nitrogens is 1. The van der Waals surface area contributed by atoms with Crippen LogP contribution < -0.4 is 4.74 Å². The fraction of sp³-hybridized carbons (Fsp3) is 0.280. The van der Waals surface area contributed by atoms with Crippen LogP contribution in [0.25, 0.3) is 22.3 Å². The van der Waals surface area contributed by atoms with Gasteiger partial charge in [0.2, 0.25) is 11.7 Å². The minimum absolute atomic E-state index is 0.458. The summed E-state index contributed by atoms with van der Waals surface area (Å²) in [6, 6.07) is 15.0. The topological polar surface area (TPSA) is 105 Å². The monoisotopic (exact) mass is 459 g/mol. The van der Waals surface area contributed by atoms with Crippen LogP contribution in [0.15, 0.2) is 53.1 Å². The molecule has 174 valence electrons. The number of ether oxygens (including phenoxy) is 1. The van der Waals surface area contributed by atoms with Crippen LogP contribution in [0.3, 0.4) is 0 Å². The van der Waals surface area contributed by atoms with Gasteiger partial charge in [0, 0.05) is 48.3 Å². The molecule has 3 heterocycles. The summed E-state index contributed by atoms with van der Waals surface area (Å²) < 4.78 is 10.6. The molecule has 1 fully saturated rings. The summed E-state index contributed by atoms with van der Waals surface area (Å²) in [6.07, 6.45) is 0. The van der Waals surface area contributed by atoms with Crippen molar-refractivity contribution in [1.29, 1.82) is 0 Å². The minimum Gasteiger partial charge on any atom is -0.497 e. The number of nitrogens with one attached hydrogen (secondary N) is 1. The molecule has 0 radical (unpaired) electrons. The molecule has 0 unspecified atom stereocenters. The molecule has 9 heteroatoms. The minimum atomic E-state index is -0.468. The van der Waals surface area contributed by atoms with Crippen molar-refractivity contribution in [2.75, 3.05) is 33.3 Å². The highest BCUT2D eigenvalue weighted by atomic mass is 16.5. The number of para-hydroxylation sites is 1. The number of aryl methyl sites for hydroxylation is 1. The lowest BCUT2D eigenvalue weighted by Gasteiger charge is -2.33. The molecule has 0 atom stereocenters. The predicted octanol–water partition coefficient (Wildman–Crippen LogP) is 3.06. The lowest BCUT2D eigenvalue weighted by Crippen LogP contribution is -2.50. The van der Waals surface area contributed by atoms with Crippen LogP contribution in [0.5, 0.6) is 5.75 Å². The van der Waals surface area contributed by atoms with Crippen LogP contribution in [0.1, 0.15) is 21.9 Å². The molecule has 2 aromatic heterocycles. The van der Waals surface area contributed by atoms with Crippen molar-refractivity contribution in [3.8, 4) is 17.1 Å². The van der Waals surface area contributed by atoms with E-state index in [1.807, 2.05) is 55.5 Å². The van der Waals surface area contributed by atoms with E-state index in [0.717, 1.165) is 22.2 Å². The van der Waals surface area contributed by atoms with Gasteiger partial charge in [0.15, 0.2) is 0 Å². The van der Waals surface area contributed by atoms with E-state index in [2.05, 4.69) is 20.0 Å². The maximum absolute atomic E-state index is 13.0. The van der Waals surface area contributed by atoms with E-state index in [1.165, 1.54) is 0 Å².